The third kappa shape index (κ3) is 6.43. The molecule has 0 unspecified atom stereocenters. The molecule has 0 fully saturated rings. The van der Waals surface area contributed by atoms with Crippen LogP contribution in [0.3, 0.4) is 0 Å². The molecule has 0 bridgehead atoms. The number of aryl methyl sites for hydroxylation is 1. The van der Waals surface area contributed by atoms with Crippen molar-refractivity contribution in [2.45, 2.75) is 19.6 Å². The van der Waals surface area contributed by atoms with Gasteiger partial charge in [-0.05, 0) is 73.8 Å². The molecule has 0 aliphatic heterocycles. The molecule has 0 aliphatic rings. The Kier molecular flexibility index (Phi) is 8.08. The van der Waals surface area contributed by atoms with Crippen molar-refractivity contribution in [3.05, 3.63) is 118 Å². The molecule has 45 heavy (non-hydrogen) atoms. The van der Waals surface area contributed by atoms with Crippen LogP contribution in [0.15, 0.2) is 90.1 Å². The van der Waals surface area contributed by atoms with E-state index < -0.39 is 5.91 Å². The highest BCUT2D eigenvalue weighted by Gasteiger charge is 2.16. The molecule has 13 nitrogen and oxygen atoms in total. The number of amides is 1. The summed E-state index contributed by atoms with van der Waals surface area (Å²) in [6.07, 6.45) is 5.02. The lowest BCUT2D eigenvalue weighted by Gasteiger charge is -2.10. The molecule has 0 atom stereocenters. The quantitative estimate of drug-likeness (QED) is 0.214. The van der Waals surface area contributed by atoms with Crippen molar-refractivity contribution >= 4 is 34.5 Å². The van der Waals surface area contributed by atoms with Gasteiger partial charge in [-0.1, -0.05) is 18.2 Å². The number of hydrogen-bond acceptors (Lipinski definition) is 9. The maximum absolute atomic E-state index is 13.0. The summed E-state index contributed by atoms with van der Waals surface area (Å²) in [6.45, 7) is 1.37. The highest BCUT2D eigenvalue weighted by atomic mass is 16.2. The Balaban J connectivity index is 1.16. The molecular weight excluding hydrogens is 570 g/mol. The monoisotopic (exact) mass is 603 g/mol. The zero-order chi connectivity index (χ0) is 31.5. The van der Waals surface area contributed by atoms with Gasteiger partial charge in [0.25, 0.3) is 11.5 Å². The van der Waals surface area contributed by atoms with Crippen molar-refractivity contribution in [2.75, 3.05) is 25.1 Å². The molecular formula is C32H33N11O2. The fourth-order valence-electron chi connectivity index (χ4n) is 5.07. The summed E-state index contributed by atoms with van der Waals surface area (Å²) in [5, 5.41) is 10.6. The lowest BCUT2D eigenvalue weighted by Crippen LogP contribution is -2.33. The number of carbonyl (C=O) groups is 1. The first-order valence-corrected chi connectivity index (χ1v) is 14.3. The van der Waals surface area contributed by atoms with E-state index in [9.17, 15) is 9.59 Å². The number of nitrogens with one attached hydrogen (secondary N) is 2. The minimum absolute atomic E-state index is 0.0659. The van der Waals surface area contributed by atoms with Crippen LogP contribution in [0.1, 0.15) is 27.2 Å². The number of anilines is 3. The van der Waals surface area contributed by atoms with Gasteiger partial charge in [-0.2, -0.15) is 9.67 Å². The van der Waals surface area contributed by atoms with Gasteiger partial charge in [-0.3, -0.25) is 14.6 Å². The van der Waals surface area contributed by atoms with Gasteiger partial charge < -0.3 is 30.4 Å². The Bertz CT molecular complexity index is 2030. The third-order valence-electron chi connectivity index (χ3n) is 7.31. The Morgan fingerprint density at radius 2 is 1.82 bits per heavy atom. The smallest absolute Gasteiger partial charge is 0.263 e. The minimum atomic E-state index is -0.456. The van der Waals surface area contributed by atoms with Crippen LogP contribution in [0, 0.1) is 0 Å². The zero-order valence-electron chi connectivity index (χ0n) is 25.2. The van der Waals surface area contributed by atoms with Gasteiger partial charge >= 0.3 is 0 Å². The second-order valence-corrected chi connectivity index (χ2v) is 10.9. The number of aromatic nitrogens is 7. The van der Waals surface area contributed by atoms with E-state index in [-0.39, 0.29) is 23.6 Å². The topological polar surface area (TPSA) is 154 Å². The average molecular weight is 604 g/mol. The van der Waals surface area contributed by atoms with E-state index in [0.29, 0.717) is 23.8 Å². The summed E-state index contributed by atoms with van der Waals surface area (Å²) in [6, 6.07) is 20.5. The van der Waals surface area contributed by atoms with Gasteiger partial charge in [-0.25, -0.2) is 4.98 Å². The SMILES string of the molecule is CN(C)Cc1ccc(Nc2nc(N)n(-c3ccc4c(cc(CNC(=O)c5cccn(Cc6cccnc6)c5=O)n4C)n3)n2)cc1. The molecule has 0 radical (unpaired) electrons. The van der Waals surface area contributed by atoms with E-state index in [2.05, 4.69) is 30.6 Å². The molecule has 5 heterocycles. The Morgan fingerprint density at radius 1 is 1.00 bits per heavy atom. The van der Waals surface area contributed by atoms with Crippen molar-refractivity contribution in [3.63, 3.8) is 0 Å². The van der Waals surface area contributed by atoms with Crippen LogP contribution in [0.25, 0.3) is 16.9 Å². The largest absolute Gasteiger partial charge is 0.368 e. The molecule has 13 heteroatoms. The van der Waals surface area contributed by atoms with Crippen molar-refractivity contribution < 1.29 is 4.79 Å². The predicted molar refractivity (Wildman–Crippen MR) is 172 cm³/mol. The van der Waals surface area contributed by atoms with Gasteiger partial charge in [0.05, 0.1) is 24.1 Å². The Morgan fingerprint density at radius 3 is 2.58 bits per heavy atom. The number of benzene rings is 1. The Hall–Kier alpha value is -5.82. The van der Waals surface area contributed by atoms with Crippen LogP contribution >= 0.6 is 0 Å². The second-order valence-electron chi connectivity index (χ2n) is 10.9. The summed E-state index contributed by atoms with van der Waals surface area (Å²) in [5.41, 5.74) is 11.2. The lowest BCUT2D eigenvalue weighted by molar-refractivity contribution is 0.0948. The number of pyridine rings is 3. The third-order valence-corrected chi connectivity index (χ3v) is 7.31. The molecule has 0 spiro atoms. The molecule has 1 amide bonds. The van der Waals surface area contributed by atoms with E-state index >= 15 is 0 Å². The first kappa shape index (κ1) is 29.3. The number of nitrogen functional groups attached to an aromatic ring is 1. The molecule has 0 aliphatic carbocycles. The molecule has 6 aromatic rings. The van der Waals surface area contributed by atoms with Gasteiger partial charge in [-0.15, -0.1) is 5.10 Å². The summed E-state index contributed by atoms with van der Waals surface area (Å²) in [7, 11) is 5.95. The zero-order valence-corrected chi connectivity index (χ0v) is 25.2. The van der Waals surface area contributed by atoms with Crippen LogP contribution in [0.5, 0.6) is 0 Å². The molecule has 4 N–H and O–H groups in total. The van der Waals surface area contributed by atoms with E-state index in [0.717, 1.165) is 29.0 Å². The average Bonchev–Trinajstić information content (AvgIpc) is 3.55. The van der Waals surface area contributed by atoms with Crippen LogP contribution in [0.2, 0.25) is 0 Å². The normalized spacial score (nSPS) is 11.3. The summed E-state index contributed by atoms with van der Waals surface area (Å²) in [4.78, 5) is 41.4. The molecule has 5 aromatic heterocycles. The predicted octanol–water partition coefficient (Wildman–Crippen LogP) is 3.08. The van der Waals surface area contributed by atoms with Gasteiger partial charge in [0, 0.05) is 43.6 Å². The van der Waals surface area contributed by atoms with Crippen LogP contribution in [-0.2, 0) is 26.7 Å². The highest BCUT2D eigenvalue weighted by molar-refractivity contribution is 5.93. The number of fused-ring (bicyclic) bond motifs is 1. The van der Waals surface area contributed by atoms with E-state index in [4.69, 9.17) is 10.7 Å². The standard InChI is InChI=1S/C32H33N11O2/c1-40(2)19-21-8-10-23(11-9-21)36-32-38-31(33)43(39-32)28-13-12-27-26(37-28)16-24(41(27)3)18-35-29(44)25-7-5-15-42(30(25)45)20-22-6-4-14-34-17-22/h4-17H,18-20H2,1-3H3,(H,35,44)(H3,33,36,38,39). The van der Waals surface area contributed by atoms with Crippen molar-refractivity contribution in [1.82, 2.24) is 44.1 Å². The fraction of sp³-hybridized carbons (Fsp3) is 0.188. The second kappa shape index (κ2) is 12.4. The fourth-order valence-corrected chi connectivity index (χ4v) is 5.07. The van der Waals surface area contributed by atoms with Gasteiger partial charge in [0.15, 0.2) is 5.82 Å². The maximum atomic E-state index is 13.0. The number of rotatable bonds is 10. The molecule has 0 saturated carbocycles. The highest BCUT2D eigenvalue weighted by Crippen LogP contribution is 2.22. The summed E-state index contributed by atoms with van der Waals surface area (Å²) >= 11 is 0. The number of carbonyl (C=O) groups excluding carboxylic acids is 1. The first-order chi connectivity index (χ1) is 21.7. The van der Waals surface area contributed by atoms with E-state index in [1.807, 2.05) is 74.2 Å². The molecule has 6 rings (SSSR count). The summed E-state index contributed by atoms with van der Waals surface area (Å²) < 4.78 is 4.91. The van der Waals surface area contributed by atoms with Crippen LogP contribution in [0.4, 0.5) is 17.6 Å². The number of hydrogen-bond donors (Lipinski definition) is 3. The maximum Gasteiger partial charge on any atom is 0.263 e. The minimum Gasteiger partial charge on any atom is -0.368 e. The van der Waals surface area contributed by atoms with Gasteiger partial charge in [0.2, 0.25) is 11.9 Å². The van der Waals surface area contributed by atoms with Crippen LogP contribution in [-0.4, -0.2) is 58.8 Å². The lowest BCUT2D eigenvalue weighted by atomic mass is 10.2. The van der Waals surface area contributed by atoms with Crippen LogP contribution < -0.4 is 21.9 Å². The van der Waals surface area contributed by atoms with Crippen molar-refractivity contribution in [1.29, 1.82) is 0 Å². The van der Waals surface area contributed by atoms with E-state index in [1.165, 1.54) is 20.9 Å². The van der Waals surface area contributed by atoms with E-state index in [1.54, 1.807) is 30.7 Å². The summed E-state index contributed by atoms with van der Waals surface area (Å²) in [5.74, 6) is 0.587. The number of nitrogens with two attached hydrogens (primary N) is 1. The first-order valence-electron chi connectivity index (χ1n) is 14.3. The molecule has 0 saturated heterocycles. The molecule has 228 valence electrons. The van der Waals surface area contributed by atoms with Crippen molar-refractivity contribution in [3.8, 4) is 5.82 Å². The Labute approximate surface area is 259 Å². The molecule has 1 aromatic carbocycles. The number of nitrogens with zero attached hydrogens (tertiary/aromatic N) is 8. The van der Waals surface area contributed by atoms with Gasteiger partial charge in [0.1, 0.15) is 5.56 Å². The van der Waals surface area contributed by atoms with Crippen molar-refractivity contribution in [2.24, 2.45) is 7.05 Å².